The van der Waals surface area contributed by atoms with Crippen molar-refractivity contribution in [1.29, 1.82) is 0 Å². The Labute approximate surface area is 106 Å². The van der Waals surface area contributed by atoms with Crippen molar-refractivity contribution in [3.05, 3.63) is 28.2 Å². The van der Waals surface area contributed by atoms with Gasteiger partial charge >= 0.3 is 0 Å². The Bertz CT molecular complexity index is 380. The van der Waals surface area contributed by atoms with Gasteiger partial charge in [0.05, 0.1) is 10.2 Å². The van der Waals surface area contributed by atoms with Gasteiger partial charge in [0.2, 0.25) is 0 Å². The van der Waals surface area contributed by atoms with Gasteiger partial charge in [0.1, 0.15) is 11.6 Å². The van der Waals surface area contributed by atoms with Gasteiger partial charge in [-0.1, -0.05) is 0 Å². The molecule has 0 aliphatic carbocycles. The molecule has 0 radical (unpaired) electrons. The number of rotatable bonds is 2. The van der Waals surface area contributed by atoms with Gasteiger partial charge in [-0.2, -0.15) is 11.8 Å². The topological polar surface area (TPSA) is 12.0 Å². The van der Waals surface area contributed by atoms with Crippen LogP contribution in [0.25, 0.3) is 0 Å². The molecular weight excluding hydrogens is 296 g/mol. The predicted octanol–water partition coefficient (Wildman–Crippen LogP) is 4.03. The fourth-order valence-electron chi connectivity index (χ4n) is 1.71. The van der Waals surface area contributed by atoms with Gasteiger partial charge in [0.15, 0.2) is 0 Å². The molecule has 1 N–H and O–H groups in total. The summed E-state index contributed by atoms with van der Waals surface area (Å²) in [5.74, 6) is 1.06. The Balaban J connectivity index is 2.11. The summed E-state index contributed by atoms with van der Waals surface area (Å²) < 4.78 is 26.8. The van der Waals surface area contributed by atoms with Gasteiger partial charge in [-0.25, -0.2) is 8.78 Å². The van der Waals surface area contributed by atoms with Crippen molar-refractivity contribution in [3.8, 4) is 0 Å². The van der Waals surface area contributed by atoms with E-state index in [0.717, 1.165) is 24.7 Å². The molecule has 1 atom stereocenters. The van der Waals surface area contributed by atoms with Crippen molar-refractivity contribution in [2.24, 2.45) is 0 Å². The molecule has 1 aliphatic rings. The minimum Gasteiger partial charge on any atom is -0.379 e. The predicted molar refractivity (Wildman–Crippen MR) is 68.0 cm³/mol. The third-order valence-electron chi connectivity index (χ3n) is 2.53. The zero-order chi connectivity index (χ0) is 11.5. The lowest BCUT2D eigenvalue weighted by Crippen LogP contribution is -2.26. The Morgan fingerprint density at radius 2 is 2.12 bits per heavy atom. The first-order chi connectivity index (χ1) is 7.66. The van der Waals surface area contributed by atoms with E-state index in [4.69, 9.17) is 0 Å². The molecule has 0 amide bonds. The van der Waals surface area contributed by atoms with Crippen LogP contribution in [0, 0.1) is 11.6 Å². The standard InChI is InChI=1S/C11H12BrF2NS/c12-8-4-11(10(14)5-9(8)13)15-7-2-1-3-16-6-7/h4-5,7,15H,1-3,6H2. The summed E-state index contributed by atoms with van der Waals surface area (Å²) in [6, 6.07) is 2.65. The minimum absolute atomic E-state index is 0.283. The van der Waals surface area contributed by atoms with Gasteiger partial charge in [0.25, 0.3) is 0 Å². The van der Waals surface area contributed by atoms with E-state index < -0.39 is 11.6 Å². The summed E-state index contributed by atoms with van der Waals surface area (Å²) in [6.07, 6.45) is 2.19. The zero-order valence-corrected chi connectivity index (χ0v) is 11.0. The fraction of sp³-hybridized carbons (Fsp3) is 0.455. The van der Waals surface area contributed by atoms with Crippen LogP contribution in [0.2, 0.25) is 0 Å². The minimum atomic E-state index is -0.568. The van der Waals surface area contributed by atoms with Crippen LogP contribution in [-0.2, 0) is 0 Å². The Morgan fingerprint density at radius 3 is 2.81 bits per heavy atom. The summed E-state index contributed by atoms with van der Waals surface area (Å²) in [5, 5.41) is 3.12. The van der Waals surface area contributed by atoms with Crippen LogP contribution in [0.5, 0.6) is 0 Å². The molecule has 88 valence electrons. The van der Waals surface area contributed by atoms with Gasteiger partial charge < -0.3 is 5.32 Å². The molecule has 1 nitrogen and oxygen atoms in total. The maximum atomic E-state index is 13.5. The highest BCUT2D eigenvalue weighted by Crippen LogP contribution is 2.26. The smallest absolute Gasteiger partial charge is 0.149 e. The second-order valence-corrected chi connectivity index (χ2v) is 5.81. The van der Waals surface area contributed by atoms with Crippen molar-refractivity contribution in [3.63, 3.8) is 0 Å². The van der Waals surface area contributed by atoms with Crippen LogP contribution < -0.4 is 5.32 Å². The van der Waals surface area contributed by atoms with E-state index >= 15 is 0 Å². The molecule has 0 spiro atoms. The Morgan fingerprint density at radius 1 is 1.31 bits per heavy atom. The fourth-order valence-corrected chi connectivity index (χ4v) is 3.12. The first kappa shape index (κ1) is 12.2. The average Bonchev–Trinajstić information content (AvgIpc) is 2.27. The van der Waals surface area contributed by atoms with E-state index in [0.29, 0.717) is 10.2 Å². The number of thioether (sulfide) groups is 1. The highest BCUT2D eigenvalue weighted by Gasteiger charge is 2.16. The molecule has 16 heavy (non-hydrogen) atoms. The monoisotopic (exact) mass is 307 g/mol. The average molecular weight is 308 g/mol. The summed E-state index contributed by atoms with van der Waals surface area (Å²) in [7, 11) is 0. The normalized spacial score (nSPS) is 20.8. The highest BCUT2D eigenvalue weighted by atomic mass is 79.9. The van der Waals surface area contributed by atoms with E-state index in [1.807, 2.05) is 11.8 Å². The second-order valence-electron chi connectivity index (χ2n) is 3.80. The quantitative estimate of drug-likeness (QED) is 0.828. The summed E-state index contributed by atoms with van der Waals surface area (Å²) in [6.45, 7) is 0. The van der Waals surface area contributed by atoms with E-state index in [9.17, 15) is 8.78 Å². The maximum Gasteiger partial charge on any atom is 0.149 e. The van der Waals surface area contributed by atoms with Crippen LogP contribution >= 0.6 is 27.7 Å². The third kappa shape index (κ3) is 2.88. The Hall–Kier alpha value is -0.290. The van der Waals surface area contributed by atoms with Crippen molar-refractivity contribution >= 4 is 33.4 Å². The number of hydrogen-bond acceptors (Lipinski definition) is 2. The lowest BCUT2D eigenvalue weighted by atomic mass is 10.1. The van der Waals surface area contributed by atoms with Crippen LogP contribution in [0.1, 0.15) is 12.8 Å². The molecule has 0 saturated carbocycles. The first-order valence-corrected chi connectivity index (χ1v) is 7.10. The molecule has 0 aromatic heterocycles. The van der Waals surface area contributed by atoms with Gasteiger partial charge in [-0.15, -0.1) is 0 Å². The number of anilines is 1. The Kier molecular flexibility index (Phi) is 4.08. The second kappa shape index (κ2) is 5.36. The van der Waals surface area contributed by atoms with E-state index in [-0.39, 0.29) is 6.04 Å². The first-order valence-electron chi connectivity index (χ1n) is 5.15. The lowest BCUT2D eigenvalue weighted by Gasteiger charge is -2.23. The molecule has 0 bridgehead atoms. The lowest BCUT2D eigenvalue weighted by molar-refractivity contribution is 0.577. The van der Waals surface area contributed by atoms with Crippen molar-refractivity contribution in [2.45, 2.75) is 18.9 Å². The molecule has 2 rings (SSSR count). The molecule has 1 aromatic rings. The molecule has 1 aliphatic heterocycles. The van der Waals surface area contributed by atoms with E-state index in [1.54, 1.807) is 0 Å². The van der Waals surface area contributed by atoms with Crippen LogP contribution in [0.3, 0.4) is 0 Å². The van der Waals surface area contributed by atoms with Crippen LogP contribution in [0.4, 0.5) is 14.5 Å². The van der Waals surface area contributed by atoms with Crippen molar-refractivity contribution in [1.82, 2.24) is 0 Å². The summed E-state index contributed by atoms with van der Waals surface area (Å²) in [5.41, 5.74) is 0.376. The summed E-state index contributed by atoms with van der Waals surface area (Å²) >= 11 is 4.92. The van der Waals surface area contributed by atoms with E-state index in [2.05, 4.69) is 21.2 Å². The molecule has 1 saturated heterocycles. The summed E-state index contributed by atoms with van der Waals surface area (Å²) in [4.78, 5) is 0. The van der Waals surface area contributed by atoms with Crippen LogP contribution in [-0.4, -0.2) is 17.5 Å². The molecule has 1 aromatic carbocycles. The van der Waals surface area contributed by atoms with Crippen LogP contribution in [0.15, 0.2) is 16.6 Å². The van der Waals surface area contributed by atoms with Gasteiger partial charge in [-0.05, 0) is 40.6 Å². The van der Waals surface area contributed by atoms with Crippen molar-refractivity contribution < 1.29 is 8.78 Å². The van der Waals surface area contributed by atoms with Gasteiger partial charge in [-0.3, -0.25) is 0 Å². The highest BCUT2D eigenvalue weighted by molar-refractivity contribution is 9.10. The number of hydrogen-bond donors (Lipinski definition) is 1. The van der Waals surface area contributed by atoms with Gasteiger partial charge in [0, 0.05) is 17.9 Å². The number of nitrogens with one attached hydrogen (secondary N) is 1. The molecule has 1 fully saturated rings. The zero-order valence-electron chi connectivity index (χ0n) is 8.60. The van der Waals surface area contributed by atoms with E-state index in [1.165, 1.54) is 11.8 Å². The number of benzene rings is 1. The third-order valence-corrected chi connectivity index (χ3v) is 4.35. The molecule has 1 unspecified atom stereocenters. The molecule has 1 heterocycles. The molecular formula is C11H12BrF2NS. The SMILES string of the molecule is Fc1cc(F)c(NC2CCCSC2)cc1Br. The maximum absolute atomic E-state index is 13.5. The largest absolute Gasteiger partial charge is 0.379 e. The van der Waals surface area contributed by atoms with Crippen molar-refractivity contribution in [2.75, 3.05) is 16.8 Å². The molecule has 5 heteroatoms. The number of halogens is 3.